The summed E-state index contributed by atoms with van der Waals surface area (Å²) in [6, 6.07) is 8.87. The minimum atomic E-state index is -4.64. The number of aliphatic imine (C=N–C) groups is 1. The van der Waals surface area contributed by atoms with Gasteiger partial charge in [0, 0.05) is 12.0 Å². The number of hydrogen-bond acceptors (Lipinski definition) is 3. The van der Waals surface area contributed by atoms with Crippen molar-refractivity contribution in [3.63, 3.8) is 0 Å². The quantitative estimate of drug-likeness (QED) is 0.762. The van der Waals surface area contributed by atoms with Crippen molar-refractivity contribution in [2.45, 2.75) is 43.1 Å². The van der Waals surface area contributed by atoms with Crippen LogP contribution in [0.25, 0.3) is 0 Å². The molecule has 28 heavy (non-hydrogen) atoms. The highest BCUT2D eigenvalue weighted by Gasteiger charge is 2.53. The maximum absolute atomic E-state index is 13.4. The molecule has 2 aliphatic carbocycles. The van der Waals surface area contributed by atoms with Crippen LogP contribution in [-0.2, 0) is 22.8 Å². The molecule has 8 heteroatoms. The van der Waals surface area contributed by atoms with E-state index in [2.05, 4.69) is 15.3 Å². The van der Waals surface area contributed by atoms with Crippen molar-refractivity contribution in [3.05, 3.63) is 64.5 Å². The number of pyridine rings is 1. The highest BCUT2D eigenvalue weighted by atomic mass is 19.4. The zero-order valence-electron chi connectivity index (χ0n) is 14.6. The molecular weight excluding hydrogens is 374 g/mol. The van der Waals surface area contributed by atoms with Crippen LogP contribution < -0.4 is 5.32 Å². The number of amidine groups is 1. The Balaban J connectivity index is 1.72. The van der Waals surface area contributed by atoms with Gasteiger partial charge in [-0.3, -0.25) is 4.79 Å². The SMILES string of the molecule is O=C1N=C(N[C@@H]2C[C@@H]2F)c2ccc(C(F)(F)F)nc2[C@]12CCc1ccccc12. The number of halogens is 4. The van der Waals surface area contributed by atoms with Gasteiger partial charge >= 0.3 is 6.18 Å². The van der Waals surface area contributed by atoms with Gasteiger partial charge in [-0.15, -0.1) is 0 Å². The second-order valence-electron chi connectivity index (χ2n) is 7.42. The smallest absolute Gasteiger partial charge is 0.364 e. The molecule has 4 nitrogen and oxygen atoms in total. The number of carbonyl (C=O) groups excluding carboxylic acids is 1. The lowest BCUT2D eigenvalue weighted by Crippen LogP contribution is -2.44. The number of nitrogens with zero attached hydrogens (tertiary/aromatic N) is 2. The molecular formula is C20H15F4N3O. The van der Waals surface area contributed by atoms with Crippen molar-refractivity contribution in [1.29, 1.82) is 0 Å². The standard InChI is InChI=1S/C20H15F4N3O/c21-13-9-14(13)25-17-11-5-6-15(20(22,23)24)26-16(11)19(18(28)27-17)8-7-10-3-1-2-4-12(10)19/h1-6,13-14H,7-9H2,(H,25,27,28)/t13-,14+,19+/m0/s1. The summed E-state index contributed by atoms with van der Waals surface area (Å²) in [5.74, 6) is -0.461. The number of rotatable bonds is 1. The van der Waals surface area contributed by atoms with E-state index in [1.165, 1.54) is 6.07 Å². The van der Waals surface area contributed by atoms with E-state index in [9.17, 15) is 22.4 Å². The van der Waals surface area contributed by atoms with Gasteiger partial charge in [-0.2, -0.15) is 18.2 Å². The van der Waals surface area contributed by atoms with Crippen LogP contribution in [0.3, 0.4) is 0 Å². The van der Waals surface area contributed by atoms with Gasteiger partial charge in [-0.1, -0.05) is 24.3 Å². The summed E-state index contributed by atoms with van der Waals surface area (Å²) in [6.45, 7) is 0. The molecule has 1 aromatic heterocycles. The van der Waals surface area contributed by atoms with E-state index >= 15 is 0 Å². The van der Waals surface area contributed by atoms with Gasteiger partial charge in [0.15, 0.2) is 0 Å². The number of aromatic nitrogens is 1. The molecule has 3 atom stereocenters. The highest BCUT2D eigenvalue weighted by Crippen LogP contribution is 2.48. The van der Waals surface area contributed by atoms with E-state index in [4.69, 9.17) is 0 Å². The minimum Gasteiger partial charge on any atom is -0.364 e. The molecule has 2 heterocycles. The maximum atomic E-state index is 13.4. The zero-order valence-corrected chi connectivity index (χ0v) is 14.6. The topological polar surface area (TPSA) is 54.4 Å². The van der Waals surface area contributed by atoms with Gasteiger partial charge < -0.3 is 5.32 Å². The van der Waals surface area contributed by atoms with Gasteiger partial charge in [-0.05, 0) is 36.1 Å². The first-order valence-corrected chi connectivity index (χ1v) is 9.02. The van der Waals surface area contributed by atoms with E-state index in [1.54, 1.807) is 12.1 Å². The Morgan fingerprint density at radius 3 is 2.61 bits per heavy atom. The van der Waals surface area contributed by atoms with Crippen molar-refractivity contribution in [2.24, 2.45) is 4.99 Å². The van der Waals surface area contributed by atoms with Crippen LogP contribution in [0, 0.1) is 0 Å². The number of nitrogens with one attached hydrogen (secondary N) is 1. The molecule has 0 radical (unpaired) electrons. The molecule has 0 saturated heterocycles. The molecule has 1 N–H and O–H groups in total. The average Bonchev–Trinajstić information content (AvgIpc) is 3.21. The number of benzene rings is 1. The molecule has 144 valence electrons. The summed E-state index contributed by atoms with van der Waals surface area (Å²) in [6.07, 6.45) is -4.55. The Bertz CT molecular complexity index is 1030. The first kappa shape index (κ1) is 17.3. The summed E-state index contributed by atoms with van der Waals surface area (Å²) in [5, 5.41) is 2.85. The molecule has 0 bridgehead atoms. The second kappa shape index (κ2) is 5.62. The van der Waals surface area contributed by atoms with Gasteiger partial charge in [0.1, 0.15) is 23.1 Å². The van der Waals surface area contributed by atoms with Gasteiger partial charge in [0.25, 0.3) is 5.91 Å². The van der Waals surface area contributed by atoms with Gasteiger partial charge in [0.05, 0.1) is 11.7 Å². The first-order chi connectivity index (χ1) is 13.3. The molecule has 3 aliphatic rings. The van der Waals surface area contributed by atoms with Crippen LogP contribution in [0.1, 0.15) is 40.9 Å². The Kier molecular flexibility index (Phi) is 3.48. The van der Waals surface area contributed by atoms with E-state index in [1.807, 2.05) is 12.1 Å². The van der Waals surface area contributed by atoms with Crippen molar-refractivity contribution in [1.82, 2.24) is 10.3 Å². The predicted molar refractivity (Wildman–Crippen MR) is 92.8 cm³/mol. The van der Waals surface area contributed by atoms with Crippen molar-refractivity contribution in [3.8, 4) is 0 Å². The number of hydrogen-bond donors (Lipinski definition) is 1. The third-order valence-electron chi connectivity index (χ3n) is 5.70. The summed E-state index contributed by atoms with van der Waals surface area (Å²) >= 11 is 0. The largest absolute Gasteiger partial charge is 0.433 e. The fourth-order valence-corrected chi connectivity index (χ4v) is 4.17. The number of amides is 1. The van der Waals surface area contributed by atoms with Crippen LogP contribution in [0.5, 0.6) is 0 Å². The van der Waals surface area contributed by atoms with E-state index in [0.717, 1.165) is 11.6 Å². The summed E-state index contributed by atoms with van der Waals surface area (Å²) in [7, 11) is 0. The van der Waals surface area contributed by atoms with Gasteiger partial charge in [0.2, 0.25) is 0 Å². The fourth-order valence-electron chi connectivity index (χ4n) is 4.17. The Labute approximate surface area is 157 Å². The molecule has 0 unspecified atom stereocenters. The van der Waals surface area contributed by atoms with Crippen molar-refractivity contribution < 1.29 is 22.4 Å². The predicted octanol–water partition coefficient (Wildman–Crippen LogP) is 3.32. The second-order valence-corrected chi connectivity index (χ2v) is 7.42. The maximum Gasteiger partial charge on any atom is 0.433 e. The normalized spacial score (nSPS) is 28.0. The molecule has 2 aromatic rings. The molecule has 1 saturated carbocycles. The van der Waals surface area contributed by atoms with Gasteiger partial charge in [-0.25, -0.2) is 9.37 Å². The van der Waals surface area contributed by atoms with Crippen molar-refractivity contribution >= 4 is 11.7 Å². The van der Waals surface area contributed by atoms with E-state index < -0.39 is 35.4 Å². The van der Waals surface area contributed by atoms with E-state index in [-0.39, 0.29) is 18.0 Å². The number of carbonyl (C=O) groups is 1. The lowest BCUT2D eigenvalue weighted by molar-refractivity contribution is -0.141. The molecule has 1 aromatic carbocycles. The monoisotopic (exact) mass is 389 g/mol. The Morgan fingerprint density at radius 2 is 1.89 bits per heavy atom. The van der Waals surface area contributed by atoms with Crippen LogP contribution in [0.2, 0.25) is 0 Å². The summed E-state index contributed by atoms with van der Waals surface area (Å²) in [4.78, 5) is 21.2. The molecule has 5 rings (SSSR count). The number of alkyl halides is 4. The third-order valence-corrected chi connectivity index (χ3v) is 5.70. The molecule has 1 fully saturated rings. The van der Waals surface area contributed by atoms with Crippen LogP contribution >= 0.6 is 0 Å². The lowest BCUT2D eigenvalue weighted by Gasteiger charge is -2.33. The molecule has 1 aliphatic heterocycles. The van der Waals surface area contributed by atoms with Crippen LogP contribution in [-0.4, -0.2) is 28.9 Å². The minimum absolute atomic E-state index is 0.0471. The first-order valence-electron chi connectivity index (χ1n) is 9.02. The Hall–Kier alpha value is -2.77. The highest BCUT2D eigenvalue weighted by molar-refractivity contribution is 6.14. The fraction of sp³-hybridized carbons (Fsp3) is 0.350. The number of fused-ring (bicyclic) bond motifs is 4. The molecule has 1 amide bonds. The molecule has 1 spiro atoms. The van der Waals surface area contributed by atoms with Crippen LogP contribution in [0.15, 0.2) is 41.4 Å². The number of aryl methyl sites for hydroxylation is 1. The summed E-state index contributed by atoms with van der Waals surface area (Å²) in [5.41, 5.74) is -0.478. The summed E-state index contributed by atoms with van der Waals surface area (Å²) < 4.78 is 53.4. The lowest BCUT2D eigenvalue weighted by atomic mass is 9.74. The van der Waals surface area contributed by atoms with Crippen LogP contribution in [0.4, 0.5) is 17.6 Å². The zero-order chi connectivity index (χ0) is 19.7. The van der Waals surface area contributed by atoms with E-state index in [0.29, 0.717) is 24.0 Å². The Morgan fingerprint density at radius 1 is 1.14 bits per heavy atom. The van der Waals surface area contributed by atoms with Crippen molar-refractivity contribution in [2.75, 3.05) is 0 Å². The average molecular weight is 389 g/mol. The third kappa shape index (κ3) is 2.40.